The van der Waals surface area contributed by atoms with Crippen LogP contribution in [0.2, 0.25) is 5.15 Å². The number of morpholine rings is 2. The predicted octanol–water partition coefficient (Wildman–Crippen LogP) is 7.87. The summed E-state index contributed by atoms with van der Waals surface area (Å²) < 4.78 is 15.0. The minimum Gasteiger partial charge on any atom is -0.379 e. The summed E-state index contributed by atoms with van der Waals surface area (Å²) in [6.07, 6.45) is 13.8. The molecule has 63 heavy (non-hydrogen) atoms. The van der Waals surface area contributed by atoms with Gasteiger partial charge in [0.25, 0.3) is 0 Å². The number of nitrogens with one attached hydrogen (secondary N) is 1. The highest BCUT2D eigenvalue weighted by Gasteiger charge is 2.16. The maximum Gasteiger partial charge on any atom is 0.154 e. The maximum atomic E-state index is 6.03. The summed E-state index contributed by atoms with van der Waals surface area (Å²) in [5.41, 5.74) is 10.9. The largest absolute Gasteiger partial charge is 0.379 e. The molecule has 0 aromatic carbocycles. The fraction of sp³-hybridized carbons (Fsp3) is 0.447. The summed E-state index contributed by atoms with van der Waals surface area (Å²) in [6, 6.07) is 13.7. The number of aromatic nitrogens is 10. The number of ether oxygens (including phenoxy) is 2. The van der Waals surface area contributed by atoms with Crippen LogP contribution in [0, 0.1) is 0 Å². The Morgan fingerprint density at radius 3 is 1.71 bits per heavy atom. The van der Waals surface area contributed by atoms with Gasteiger partial charge in [-0.3, -0.25) is 29.1 Å². The van der Waals surface area contributed by atoms with E-state index in [0.717, 1.165) is 166 Å². The van der Waals surface area contributed by atoms with Gasteiger partial charge in [0.05, 0.1) is 66.1 Å². The van der Waals surface area contributed by atoms with Gasteiger partial charge in [-0.15, -0.1) is 5.10 Å². The molecule has 9 heterocycles. The third-order valence-corrected chi connectivity index (χ3v) is 11.7. The van der Waals surface area contributed by atoms with Crippen LogP contribution in [0.5, 0.6) is 0 Å². The van der Waals surface area contributed by atoms with Crippen molar-refractivity contribution in [3.8, 4) is 22.3 Å². The third-order valence-electron chi connectivity index (χ3n) is 11.5. The van der Waals surface area contributed by atoms with Crippen molar-refractivity contribution in [3.63, 3.8) is 0 Å². The molecule has 0 amide bonds. The molecule has 7 aromatic heterocycles. The second kappa shape index (κ2) is 21.3. The second-order valence-electron chi connectivity index (χ2n) is 16.3. The average Bonchev–Trinajstić information content (AvgIpc) is 3.94. The molecular formula is C47H58ClN13O2. The van der Waals surface area contributed by atoms with Gasteiger partial charge in [0.1, 0.15) is 11.0 Å². The van der Waals surface area contributed by atoms with Gasteiger partial charge < -0.3 is 14.8 Å². The first kappa shape index (κ1) is 44.2. The molecule has 330 valence electrons. The summed E-state index contributed by atoms with van der Waals surface area (Å²) in [7, 11) is 0. The highest BCUT2D eigenvalue weighted by atomic mass is 35.5. The Labute approximate surface area is 374 Å². The Morgan fingerprint density at radius 1 is 0.635 bits per heavy atom. The molecule has 2 fully saturated rings. The van der Waals surface area contributed by atoms with E-state index in [0.29, 0.717) is 22.7 Å². The molecule has 2 aliphatic heterocycles. The first-order chi connectivity index (χ1) is 30.8. The number of anilines is 2. The summed E-state index contributed by atoms with van der Waals surface area (Å²) in [4.78, 5) is 23.3. The molecule has 0 aliphatic carbocycles. The predicted molar refractivity (Wildman–Crippen MR) is 248 cm³/mol. The zero-order valence-electron chi connectivity index (χ0n) is 36.9. The zero-order chi connectivity index (χ0) is 43.5. The van der Waals surface area contributed by atoms with Crippen molar-refractivity contribution in [1.82, 2.24) is 59.5 Å². The van der Waals surface area contributed by atoms with Crippen molar-refractivity contribution in [1.29, 1.82) is 0 Å². The van der Waals surface area contributed by atoms with E-state index in [1.54, 1.807) is 12.3 Å². The van der Waals surface area contributed by atoms with Gasteiger partial charge in [-0.05, 0) is 79.6 Å². The van der Waals surface area contributed by atoms with Gasteiger partial charge >= 0.3 is 0 Å². The Morgan fingerprint density at radius 2 is 1.17 bits per heavy atom. The highest BCUT2D eigenvalue weighted by molar-refractivity contribution is 6.29. The normalized spacial score (nSPS) is 15.0. The van der Waals surface area contributed by atoms with Crippen LogP contribution in [0.15, 0.2) is 73.4 Å². The lowest BCUT2D eigenvalue weighted by molar-refractivity contribution is 0.0367. The number of rotatable bonds is 15. The smallest absolute Gasteiger partial charge is 0.154 e. The van der Waals surface area contributed by atoms with Crippen LogP contribution in [-0.2, 0) is 35.4 Å². The lowest BCUT2D eigenvalue weighted by Crippen LogP contribution is -2.37. The van der Waals surface area contributed by atoms with Crippen LogP contribution in [0.3, 0.4) is 0 Å². The van der Waals surface area contributed by atoms with E-state index in [-0.39, 0.29) is 0 Å². The van der Waals surface area contributed by atoms with Crippen LogP contribution in [0.1, 0.15) is 63.4 Å². The van der Waals surface area contributed by atoms with E-state index in [4.69, 9.17) is 36.3 Å². The second-order valence-corrected chi connectivity index (χ2v) is 16.7. The maximum absolute atomic E-state index is 6.03. The van der Waals surface area contributed by atoms with Crippen LogP contribution < -0.4 is 5.32 Å². The van der Waals surface area contributed by atoms with Crippen molar-refractivity contribution >= 4 is 45.3 Å². The number of hydrogen-bond acceptors (Lipinski definition) is 13. The fourth-order valence-electron chi connectivity index (χ4n) is 7.96. The minimum atomic E-state index is 0.380. The van der Waals surface area contributed by atoms with E-state index < -0.39 is 0 Å². The van der Waals surface area contributed by atoms with Crippen LogP contribution in [0.4, 0.5) is 11.6 Å². The quantitative estimate of drug-likeness (QED) is 0.0997. The lowest BCUT2D eigenvalue weighted by Gasteiger charge is -2.26. The Kier molecular flexibility index (Phi) is 14.9. The molecule has 2 aliphatic rings. The van der Waals surface area contributed by atoms with Gasteiger partial charge in [0.15, 0.2) is 5.82 Å². The fourth-order valence-corrected chi connectivity index (χ4v) is 8.11. The van der Waals surface area contributed by atoms with Crippen molar-refractivity contribution in [2.45, 2.75) is 72.4 Å². The van der Waals surface area contributed by atoms with E-state index >= 15 is 0 Å². The average molecular weight is 873 g/mol. The molecule has 9 rings (SSSR count). The number of hydrogen-bond donors (Lipinski definition) is 1. The SMILES string of the molecule is CCc1nn(CCCN2CCOCC2)cc1-c1cnc2ccc(Cl)nc2c1.CCc1nn(CCCN2CCOCC2)cc1-c1cnc2ccc(Nc3cc(C(C)C)cnn3)nc2c1. The number of pyridine rings is 4. The molecule has 0 atom stereocenters. The molecule has 15 nitrogen and oxygen atoms in total. The molecule has 0 radical (unpaired) electrons. The van der Waals surface area contributed by atoms with Crippen LogP contribution in [0.25, 0.3) is 44.3 Å². The van der Waals surface area contributed by atoms with E-state index in [1.807, 2.05) is 42.7 Å². The molecular weight excluding hydrogens is 814 g/mol. The van der Waals surface area contributed by atoms with Crippen LogP contribution in [-0.4, -0.2) is 125 Å². The molecule has 7 aromatic rings. The van der Waals surface area contributed by atoms with Gasteiger partial charge in [-0.1, -0.05) is 39.3 Å². The van der Waals surface area contributed by atoms with E-state index in [1.165, 1.54) is 0 Å². The Hall–Kier alpha value is -5.45. The van der Waals surface area contributed by atoms with Crippen molar-refractivity contribution in [2.75, 3.05) is 71.0 Å². The summed E-state index contributed by atoms with van der Waals surface area (Å²) >= 11 is 6.03. The monoisotopic (exact) mass is 871 g/mol. The molecule has 1 N–H and O–H groups in total. The van der Waals surface area contributed by atoms with Crippen molar-refractivity contribution in [2.24, 2.45) is 0 Å². The zero-order valence-corrected chi connectivity index (χ0v) is 37.6. The highest BCUT2D eigenvalue weighted by Crippen LogP contribution is 2.28. The Bertz CT molecular complexity index is 2580. The van der Waals surface area contributed by atoms with E-state index in [2.05, 4.69) is 95.8 Å². The molecule has 16 heteroatoms. The first-order valence-corrected chi connectivity index (χ1v) is 22.7. The molecule has 0 unspecified atom stereocenters. The number of halogens is 1. The van der Waals surface area contributed by atoms with Gasteiger partial charge in [0, 0.05) is 99.4 Å². The minimum absolute atomic E-state index is 0.380. The number of nitrogens with zero attached hydrogens (tertiary/aromatic N) is 12. The standard InChI is InChI=1S/C27H34N8O.C20H24ClN5O/c1-4-23-22(18-35(33-23)9-5-8-34-10-12-36-13-11-34)21-14-25-24(28-16-21)6-7-26(30-25)31-27-15-20(19(2)3)17-29-32-27;1-2-17-16(15-12-19-18(22-13-15)4-5-20(21)23-19)14-26(24-17)7-3-6-25-8-10-27-11-9-25/h6-7,14-19H,4-5,8-13H2,1-3H3,(H,30,31,32);4-5,12-14H,2-3,6-11H2,1H3. The van der Waals surface area contributed by atoms with Crippen molar-refractivity contribution < 1.29 is 9.47 Å². The first-order valence-electron chi connectivity index (χ1n) is 22.3. The number of fused-ring (bicyclic) bond motifs is 2. The van der Waals surface area contributed by atoms with E-state index in [9.17, 15) is 0 Å². The van der Waals surface area contributed by atoms with Gasteiger partial charge in [-0.25, -0.2) is 9.97 Å². The van der Waals surface area contributed by atoms with Crippen LogP contribution >= 0.6 is 11.6 Å². The van der Waals surface area contributed by atoms with Crippen molar-refractivity contribution in [3.05, 3.63) is 95.6 Å². The summed E-state index contributed by atoms with van der Waals surface area (Å²) in [5, 5.41) is 21.7. The Balaban J connectivity index is 0.000000180. The lowest BCUT2D eigenvalue weighted by atomic mass is 10.1. The molecule has 2 saturated heterocycles. The molecule has 0 bridgehead atoms. The van der Waals surface area contributed by atoms with Gasteiger partial charge in [0.2, 0.25) is 0 Å². The molecule has 0 spiro atoms. The third kappa shape index (κ3) is 11.6. The summed E-state index contributed by atoms with van der Waals surface area (Å²) in [5.74, 6) is 1.78. The van der Waals surface area contributed by atoms with Gasteiger partial charge in [-0.2, -0.15) is 15.3 Å². The number of aryl methyl sites for hydroxylation is 4. The molecule has 0 saturated carbocycles. The summed E-state index contributed by atoms with van der Waals surface area (Å²) in [6.45, 7) is 20.0. The topological polar surface area (TPSA) is 150 Å².